The molecule has 0 heterocycles. The summed E-state index contributed by atoms with van der Waals surface area (Å²) in [6.07, 6.45) is 6.52. The molecule has 0 aliphatic heterocycles. The lowest BCUT2D eigenvalue weighted by Gasteiger charge is -2.19. The molecule has 0 aliphatic carbocycles. The summed E-state index contributed by atoms with van der Waals surface area (Å²) in [6, 6.07) is 7.42. The highest BCUT2D eigenvalue weighted by Crippen LogP contribution is 2.12. The van der Waals surface area contributed by atoms with Gasteiger partial charge in [0.1, 0.15) is 0 Å². The quantitative estimate of drug-likeness (QED) is 0.699. The number of rotatable bonds is 8. The fraction of sp³-hybridized carbons (Fsp3) is 0.647. The van der Waals surface area contributed by atoms with E-state index in [2.05, 4.69) is 51.2 Å². The van der Waals surface area contributed by atoms with Gasteiger partial charge in [-0.1, -0.05) is 56.9 Å². The molecule has 1 heteroatoms. The van der Waals surface area contributed by atoms with Crippen molar-refractivity contribution in [2.45, 2.75) is 72.4 Å². The van der Waals surface area contributed by atoms with E-state index < -0.39 is 0 Å². The lowest BCUT2D eigenvalue weighted by atomic mass is 10.0. The third kappa shape index (κ3) is 5.22. The molecule has 0 saturated heterocycles. The Morgan fingerprint density at radius 3 is 2.50 bits per heavy atom. The van der Waals surface area contributed by atoms with Gasteiger partial charge in [0.2, 0.25) is 0 Å². The molecule has 0 spiro atoms. The largest absolute Gasteiger partial charge is 0.310 e. The molecule has 0 bridgehead atoms. The van der Waals surface area contributed by atoms with Gasteiger partial charge in [-0.05, 0) is 37.8 Å². The van der Waals surface area contributed by atoms with Crippen LogP contribution in [0.1, 0.15) is 62.6 Å². The molecule has 0 amide bonds. The Labute approximate surface area is 113 Å². The molecular formula is C17H29N. The normalized spacial score (nSPS) is 12.7. The average molecular weight is 247 g/mol. The maximum atomic E-state index is 3.74. The number of hydrogen-bond acceptors (Lipinski definition) is 1. The fourth-order valence-corrected chi connectivity index (χ4v) is 2.39. The zero-order valence-corrected chi connectivity index (χ0v) is 12.6. The molecular weight excluding hydrogens is 218 g/mol. The van der Waals surface area contributed by atoms with Gasteiger partial charge in [0.25, 0.3) is 0 Å². The van der Waals surface area contributed by atoms with Crippen LogP contribution in [0.4, 0.5) is 0 Å². The zero-order chi connectivity index (χ0) is 13.4. The summed E-state index contributed by atoms with van der Waals surface area (Å²) >= 11 is 0. The van der Waals surface area contributed by atoms with E-state index in [1.807, 2.05) is 0 Å². The number of nitrogens with one attached hydrogen (secondary N) is 1. The SMILES string of the molecule is CCCCC(CCC)NCc1cc(C)ccc1C. The van der Waals surface area contributed by atoms with Crippen LogP contribution in [0.3, 0.4) is 0 Å². The first-order valence-corrected chi connectivity index (χ1v) is 7.46. The van der Waals surface area contributed by atoms with Gasteiger partial charge in [-0.15, -0.1) is 0 Å². The molecule has 0 radical (unpaired) electrons. The minimum atomic E-state index is 0.690. The Hall–Kier alpha value is -0.820. The highest BCUT2D eigenvalue weighted by Gasteiger charge is 2.07. The van der Waals surface area contributed by atoms with Gasteiger partial charge in [-0.3, -0.25) is 0 Å². The number of aryl methyl sites for hydroxylation is 2. The van der Waals surface area contributed by atoms with Crippen LogP contribution in [-0.2, 0) is 6.54 Å². The number of unbranched alkanes of at least 4 members (excludes halogenated alkanes) is 1. The van der Waals surface area contributed by atoms with Crippen LogP contribution in [0, 0.1) is 13.8 Å². The summed E-state index contributed by atoms with van der Waals surface area (Å²) in [5.41, 5.74) is 4.21. The zero-order valence-electron chi connectivity index (χ0n) is 12.6. The summed E-state index contributed by atoms with van der Waals surface area (Å²) in [5.74, 6) is 0. The lowest BCUT2D eigenvalue weighted by Crippen LogP contribution is -2.28. The van der Waals surface area contributed by atoms with E-state index in [4.69, 9.17) is 0 Å². The summed E-state index contributed by atoms with van der Waals surface area (Å²) < 4.78 is 0. The Kier molecular flexibility index (Phi) is 7.04. The van der Waals surface area contributed by atoms with Gasteiger partial charge < -0.3 is 5.32 Å². The van der Waals surface area contributed by atoms with Crippen molar-refractivity contribution in [1.29, 1.82) is 0 Å². The minimum Gasteiger partial charge on any atom is -0.310 e. The van der Waals surface area contributed by atoms with Gasteiger partial charge in [0.15, 0.2) is 0 Å². The molecule has 102 valence electrons. The summed E-state index contributed by atoms with van der Waals surface area (Å²) in [4.78, 5) is 0. The van der Waals surface area contributed by atoms with Crippen LogP contribution in [0.25, 0.3) is 0 Å². The lowest BCUT2D eigenvalue weighted by molar-refractivity contribution is 0.433. The van der Waals surface area contributed by atoms with Crippen molar-refractivity contribution in [3.8, 4) is 0 Å². The molecule has 1 rings (SSSR count). The van der Waals surface area contributed by atoms with Crippen molar-refractivity contribution in [3.05, 3.63) is 34.9 Å². The van der Waals surface area contributed by atoms with Crippen molar-refractivity contribution in [2.75, 3.05) is 0 Å². The van der Waals surface area contributed by atoms with Gasteiger partial charge in [0, 0.05) is 12.6 Å². The first kappa shape index (κ1) is 15.2. The van der Waals surface area contributed by atoms with E-state index in [0.717, 1.165) is 6.54 Å². The Balaban J connectivity index is 2.52. The maximum absolute atomic E-state index is 3.74. The third-order valence-corrected chi connectivity index (χ3v) is 3.63. The molecule has 0 aromatic heterocycles. The number of benzene rings is 1. The van der Waals surface area contributed by atoms with Crippen LogP contribution in [0.15, 0.2) is 18.2 Å². The average Bonchev–Trinajstić information content (AvgIpc) is 2.36. The van der Waals surface area contributed by atoms with Gasteiger partial charge >= 0.3 is 0 Å². The second-order valence-corrected chi connectivity index (χ2v) is 5.44. The van der Waals surface area contributed by atoms with Gasteiger partial charge in [-0.2, -0.15) is 0 Å². The van der Waals surface area contributed by atoms with E-state index in [1.165, 1.54) is 48.8 Å². The van der Waals surface area contributed by atoms with Crippen LogP contribution in [-0.4, -0.2) is 6.04 Å². The van der Waals surface area contributed by atoms with Crippen molar-refractivity contribution < 1.29 is 0 Å². The summed E-state index contributed by atoms with van der Waals surface area (Å²) in [7, 11) is 0. The van der Waals surface area contributed by atoms with Crippen LogP contribution in [0.2, 0.25) is 0 Å². The Morgan fingerprint density at radius 1 is 1.06 bits per heavy atom. The van der Waals surface area contributed by atoms with Crippen LogP contribution in [0.5, 0.6) is 0 Å². The molecule has 1 unspecified atom stereocenters. The molecule has 1 atom stereocenters. The van der Waals surface area contributed by atoms with Crippen LogP contribution < -0.4 is 5.32 Å². The molecule has 1 N–H and O–H groups in total. The van der Waals surface area contributed by atoms with E-state index >= 15 is 0 Å². The van der Waals surface area contributed by atoms with Crippen molar-refractivity contribution >= 4 is 0 Å². The molecule has 0 aliphatic rings. The summed E-state index contributed by atoms with van der Waals surface area (Å²) in [5, 5.41) is 3.74. The molecule has 0 fully saturated rings. The van der Waals surface area contributed by atoms with Crippen molar-refractivity contribution in [2.24, 2.45) is 0 Å². The van der Waals surface area contributed by atoms with Crippen molar-refractivity contribution in [1.82, 2.24) is 5.32 Å². The predicted molar refractivity (Wildman–Crippen MR) is 81.0 cm³/mol. The maximum Gasteiger partial charge on any atom is 0.0210 e. The first-order valence-electron chi connectivity index (χ1n) is 7.46. The van der Waals surface area contributed by atoms with Crippen LogP contribution >= 0.6 is 0 Å². The highest BCUT2D eigenvalue weighted by molar-refractivity contribution is 5.30. The molecule has 1 aromatic carbocycles. The summed E-state index contributed by atoms with van der Waals surface area (Å²) in [6.45, 7) is 9.94. The predicted octanol–water partition coefficient (Wildman–Crippen LogP) is 4.75. The van der Waals surface area contributed by atoms with E-state index in [9.17, 15) is 0 Å². The fourth-order valence-electron chi connectivity index (χ4n) is 2.39. The molecule has 1 nitrogen and oxygen atoms in total. The smallest absolute Gasteiger partial charge is 0.0210 e. The monoisotopic (exact) mass is 247 g/mol. The highest BCUT2D eigenvalue weighted by atomic mass is 14.9. The molecule has 0 saturated carbocycles. The molecule has 1 aromatic rings. The second-order valence-electron chi connectivity index (χ2n) is 5.44. The first-order chi connectivity index (χ1) is 8.67. The standard InChI is InChI=1S/C17H29N/c1-5-7-9-17(8-6-2)18-13-16-12-14(3)10-11-15(16)4/h10-12,17-18H,5-9,13H2,1-4H3. The van der Waals surface area contributed by atoms with E-state index in [0.29, 0.717) is 6.04 Å². The Morgan fingerprint density at radius 2 is 1.83 bits per heavy atom. The third-order valence-electron chi connectivity index (χ3n) is 3.63. The molecule has 18 heavy (non-hydrogen) atoms. The minimum absolute atomic E-state index is 0.690. The van der Waals surface area contributed by atoms with Crippen molar-refractivity contribution in [3.63, 3.8) is 0 Å². The van der Waals surface area contributed by atoms with E-state index in [1.54, 1.807) is 0 Å². The number of hydrogen-bond donors (Lipinski definition) is 1. The topological polar surface area (TPSA) is 12.0 Å². The van der Waals surface area contributed by atoms with Gasteiger partial charge in [0.05, 0.1) is 0 Å². The van der Waals surface area contributed by atoms with Gasteiger partial charge in [-0.25, -0.2) is 0 Å². The Bertz CT molecular complexity index is 343. The van der Waals surface area contributed by atoms with E-state index in [-0.39, 0.29) is 0 Å². The second kappa shape index (κ2) is 8.31.